The summed E-state index contributed by atoms with van der Waals surface area (Å²) in [5.74, 6) is -0.900. The molecule has 2 N–H and O–H groups in total. The van der Waals surface area contributed by atoms with Gasteiger partial charge in [-0.2, -0.15) is 0 Å². The van der Waals surface area contributed by atoms with E-state index in [2.05, 4.69) is 10.6 Å². The summed E-state index contributed by atoms with van der Waals surface area (Å²) in [5.41, 5.74) is 2.42. The number of hydrogen-bond donors (Lipinski definition) is 2. The number of esters is 1. The minimum Gasteiger partial charge on any atom is -0.482 e. The van der Waals surface area contributed by atoms with Crippen LogP contribution < -0.4 is 15.4 Å². The molecule has 0 heterocycles. The highest BCUT2D eigenvalue weighted by atomic mass is 16.6. The first-order valence-corrected chi connectivity index (χ1v) is 8.94. The van der Waals surface area contributed by atoms with Gasteiger partial charge in [0.25, 0.3) is 5.91 Å². The average Bonchev–Trinajstić information content (AvgIpc) is 2.66. The molecule has 0 saturated carbocycles. The lowest BCUT2D eigenvalue weighted by molar-refractivity contribution is -0.158. The Labute approximate surface area is 164 Å². The number of urea groups is 1. The van der Waals surface area contributed by atoms with Crippen molar-refractivity contribution >= 4 is 17.9 Å². The van der Waals surface area contributed by atoms with Crippen LogP contribution in [0.2, 0.25) is 0 Å². The van der Waals surface area contributed by atoms with Gasteiger partial charge >= 0.3 is 12.0 Å². The monoisotopic (exact) mass is 384 g/mol. The van der Waals surface area contributed by atoms with Crippen molar-refractivity contribution < 1.29 is 23.9 Å². The van der Waals surface area contributed by atoms with Crippen LogP contribution in [0.3, 0.4) is 0 Å². The van der Waals surface area contributed by atoms with Gasteiger partial charge in [-0.15, -0.1) is 0 Å². The van der Waals surface area contributed by atoms with E-state index in [4.69, 9.17) is 9.47 Å². The summed E-state index contributed by atoms with van der Waals surface area (Å²) in [5, 5.41) is 4.62. The molecule has 28 heavy (non-hydrogen) atoms. The molecule has 0 spiro atoms. The van der Waals surface area contributed by atoms with E-state index in [9.17, 15) is 14.4 Å². The number of carbonyl (C=O) groups is 3. The highest BCUT2D eigenvalue weighted by molar-refractivity contribution is 5.97. The molecule has 0 saturated heterocycles. The van der Waals surface area contributed by atoms with E-state index in [1.54, 1.807) is 43.3 Å². The average molecular weight is 384 g/mol. The second kappa shape index (κ2) is 10.1. The molecule has 2 aromatic carbocycles. The number of imide groups is 1. The number of nitrogens with one attached hydrogen (secondary N) is 2. The Bertz CT molecular complexity index is 836. The van der Waals surface area contributed by atoms with Crippen molar-refractivity contribution in [2.75, 3.05) is 13.2 Å². The zero-order valence-corrected chi connectivity index (χ0v) is 16.2. The first-order valence-electron chi connectivity index (χ1n) is 8.94. The highest BCUT2D eigenvalue weighted by Gasteiger charge is 2.26. The van der Waals surface area contributed by atoms with Gasteiger partial charge < -0.3 is 14.8 Å². The number of aryl methyl sites for hydroxylation is 2. The van der Waals surface area contributed by atoms with Crippen LogP contribution in [0.15, 0.2) is 48.5 Å². The maximum Gasteiger partial charge on any atom is 0.345 e. The molecule has 7 heteroatoms. The summed E-state index contributed by atoms with van der Waals surface area (Å²) in [6.07, 6.45) is -1.26. The fourth-order valence-electron chi connectivity index (χ4n) is 2.55. The van der Waals surface area contributed by atoms with E-state index in [1.165, 1.54) is 0 Å². The minimum absolute atomic E-state index is 0.359. The van der Waals surface area contributed by atoms with Crippen molar-refractivity contribution in [2.24, 2.45) is 0 Å². The summed E-state index contributed by atoms with van der Waals surface area (Å²) in [4.78, 5) is 36.3. The molecule has 2 aromatic rings. The van der Waals surface area contributed by atoms with Gasteiger partial charge in [-0.05, 0) is 32.4 Å². The highest BCUT2D eigenvalue weighted by Crippen LogP contribution is 2.20. The van der Waals surface area contributed by atoms with Crippen molar-refractivity contribution in [3.63, 3.8) is 0 Å². The van der Waals surface area contributed by atoms with Gasteiger partial charge in [-0.25, -0.2) is 9.59 Å². The van der Waals surface area contributed by atoms with E-state index in [1.807, 2.05) is 26.0 Å². The topological polar surface area (TPSA) is 93.7 Å². The second-order valence-corrected chi connectivity index (χ2v) is 6.19. The van der Waals surface area contributed by atoms with E-state index in [0.717, 1.165) is 11.1 Å². The van der Waals surface area contributed by atoms with Crippen molar-refractivity contribution in [1.82, 2.24) is 10.6 Å². The molecular formula is C21H24N2O5. The third-order valence-electron chi connectivity index (χ3n) is 3.84. The summed E-state index contributed by atoms with van der Waals surface area (Å²) in [6, 6.07) is 13.4. The zero-order valence-electron chi connectivity index (χ0n) is 16.2. The molecule has 0 unspecified atom stereocenters. The Morgan fingerprint density at radius 3 is 2.39 bits per heavy atom. The molecule has 0 bridgehead atoms. The maximum atomic E-state index is 12.4. The van der Waals surface area contributed by atoms with Crippen LogP contribution in [0.5, 0.6) is 5.75 Å². The Kier molecular flexibility index (Phi) is 7.56. The van der Waals surface area contributed by atoms with Crippen LogP contribution in [0.1, 0.15) is 29.7 Å². The first kappa shape index (κ1) is 21.0. The molecule has 3 amide bonds. The van der Waals surface area contributed by atoms with E-state index >= 15 is 0 Å². The molecule has 0 aromatic heterocycles. The first-order chi connectivity index (χ1) is 13.4. The van der Waals surface area contributed by atoms with Crippen molar-refractivity contribution in [2.45, 2.75) is 26.9 Å². The second-order valence-electron chi connectivity index (χ2n) is 6.19. The predicted molar refractivity (Wildman–Crippen MR) is 104 cm³/mol. The molecule has 2 rings (SSSR count). The Balaban J connectivity index is 2.05. The van der Waals surface area contributed by atoms with Gasteiger partial charge in [0, 0.05) is 12.1 Å². The molecule has 148 valence electrons. The third kappa shape index (κ3) is 6.12. The molecule has 7 nitrogen and oxygen atoms in total. The number of amides is 3. The maximum absolute atomic E-state index is 12.4. The molecule has 0 aliphatic heterocycles. The van der Waals surface area contributed by atoms with Gasteiger partial charge in [0.05, 0.1) is 0 Å². The number of carbonyl (C=O) groups excluding carboxylic acids is 3. The molecule has 1 atom stereocenters. The smallest absolute Gasteiger partial charge is 0.345 e. The van der Waals surface area contributed by atoms with Crippen LogP contribution in [-0.4, -0.2) is 31.1 Å². The van der Waals surface area contributed by atoms with Gasteiger partial charge in [0.15, 0.2) is 6.61 Å². The normalized spacial score (nSPS) is 11.2. The number of benzene rings is 2. The van der Waals surface area contributed by atoms with Crippen LogP contribution in [0.25, 0.3) is 0 Å². The Hall–Kier alpha value is -3.35. The zero-order chi connectivity index (χ0) is 20.5. The number of rotatable bonds is 7. The Morgan fingerprint density at radius 2 is 1.75 bits per heavy atom. The Morgan fingerprint density at radius 1 is 1.04 bits per heavy atom. The van der Waals surface area contributed by atoms with Gasteiger partial charge in [-0.3, -0.25) is 10.1 Å². The van der Waals surface area contributed by atoms with Crippen LogP contribution in [-0.2, 0) is 14.3 Å². The van der Waals surface area contributed by atoms with Crippen molar-refractivity contribution in [3.8, 4) is 5.75 Å². The lowest BCUT2D eigenvalue weighted by atomic mass is 10.1. The lowest BCUT2D eigenvalue weighted by Gasteiger charge is -2.18. The largest absolute Gasteiger partial charge is 0.482 e. The molecular weight excluding hydrogens is 360 g/mol. The SMILES string of the molecule is CCNC(=O)NC(=O)[C@@H](OC(=O)COc1ccc(C)cc1C)c1ccccc1. The summed E-state index contributed by atoms with van der Waals surface area (Å²) in [6.45, 7) is 5.56. The number of hydrogen-bond acceptors (Lipinski definition) is 5. The fourth-order valence-corrected chi connectivity index (χ4v) is 2.55. The number of ether oxygens (including phenoxy) is 2. The van der Waals surface area contributed by atoms with E-state index < -0.39 is 24.0 Å². The molecule has 0 radical (unpaired) electrons. The minimum atomic E-state index is -1.26. The summed E-state index contributed by atoms with van der Waals surface area (Å²) < 4.78 is 10.8. The molecule has 0 aliphatic carbocycles. The molecule has 0 fully saturated rings. The van der Waals surface area contributed by atoms with Crippen molar-refractivity contribution in [3.05, 3.63) is 65.2 Å². The standard InChI is InChI=1S/C21H24N2O5/c1-4-22-21(26)23-20(25)19(16-8-6-5-7-9-16)28-18(24)13-27-17-11-10-14(2)12-15(17)3/h5-12,19H,4,13H2,1-3H3,(H2,22,23,25,26)/t19-/m0/s1. The van der Waals surface area contributed by atoms with Gasteiger partial charge in [0.1, 0.15) is 5.75 Å². The quantitative estimate of drug-likeness (QED) is 0.716. The lowest BCUT2D eigenvalue weighted by Crippen LogP contribution is -2.42. The predicted octanol–water partition coefficient (Wildman–Crippen LogP) is 2.81. The summed E-state index contributed by atoms with van der Waals surface area (Å²) >= 11 is 0. The van der Waals surface area contributed by atoms with Crippen LogP contribution in [0, 0.1) is 13.8 Å². The fraction of sp³-hybridized carbons (Fsp3) is 0.286. The van der Waals surface area contributed by atoms with Crippen LogP contribution in [0.4, 0.5) is 4.79 Å². The van der Waals surface area contributed by atoms with Crippen LogP contribution >= 0.6 is 0 Å². The van der Waals surface area contributed by atoms with E-state index in [0.29, 0.717) is 17.9 Å². The van der Waals surface area contributed by atoms with E-state index in [-0.39, 0.29) is 6.61 Å². The summed E-state index contributed by atoms with van der Waals surface area (Å²) in [7, 11) is 0. The third-order valence-corrected chi connectivity index (χ3v) is 3.84. The van der Waals surface area contributed by atoms with Gasteiger partial charge in [0.2, 0.25) is 6.10 Å². The molecule has 0 aliphatic rings. The van der Waals surface area contributed by atoms with Crippen molar-refractivity contribution in [1.29, 1.82) is 0 Å². The van der Waals surface area contributed by atoms with Gasteiger partial charge in [-0.1, -0.05) is 48.0 Å².